The predicted molar refractivity (Wildman–Crippen MR) is 80.0 cm³/mol. The Kier molecular flexibility index (Phi) is 5.22. The van der Waals surface area contributed by atoms with Gasteiger partial charge in [-0.05, 0) is 56.0 Å². The van der Waals surface area contributed by atoms with Crippen LogP contribution in [-0.4, -0.2) is 31.1 Å². The zero-order valence-electron chi connectivity index (χ0n) is 11.6. The van der Waals surface area contributed by atoms with E-state index in [-0.39, 0.29) is 0 Å². The normalized spacial score (nSPS) is 28.8. The molecule has 0 aromatic carbocycles. The minimum atomic E-state index is 0.422. The molecule has 0 saturated heterocycles. The van der Waals surface area contributed by atoms with Crippen LogP contribution < -0.4 is 5.73 Å². The van der Waals surface area contributed by atoms with Crippen LogP contribution in [0.5, 0.6) is 0 Å². The average molecular weight is 266 g/mol. The molecular formula is C15H26N2S. The second-order valence-corrected chi connectivity index (χ2v) is 6.97. The predicted octanol–water partition coefficient (Wildman–Crippen LogP) is 2.99. The first-order chi connectivity index (χ1) is 8.65. The van der Waals surface area contributed by atoms with Crippen molar-refractivity contribution in [2.45, 2.75) is 38.6 Å². The van der Waals surface area contributed by atoms with Gasteiger partial charge in [0.2, 0.25) is 0 Å². The van der Waals surface area contributed by atoms with E-state index < -0.39 is 0 Å². The third-order valence-electron chi connectivity index (χ3n) is 4.17. The summed E-state index contributed by atoms with van der Waals surface area (Å²) in [5, 5.41) is 2.16. The van der Waals surface area contributed by atoms with Crippen LogP contribution in [-0.2, 0) is 6.42 Å². The number of likely N-dealkylation sites (N-methyl/N-ethyl adjacent to an activating group) is 1. The highest BCUT2D eigenvalue weighted by molar-refractivity contribution is 7.09. The molecular weight excluding hydrogens is 240 g/mol. The monoisotopic (exact) mass is 266 g/mol. The lowest BCUT2D eigenvalue weighted by Crippen LogP contribution is -2.42. The summed E-state index contributed by atoms with van der Waals surface area (Å²) in [4.78, 5) is 3.95. The molecule has 3 unspecified atom stereocenters. The molecule has 1 aliphatic carbocycles. The van der Waals surface area contributed by atoms with Crippen molar-refractivity contribution in [3.05, 3.63) is 22.4 Å². The quantitative estimate of drug-likeness (QED) is 0.888. The zero-order valence-corrected chi connectivity index (χ0v) is 12.5. The van der Waals surface area contributed by atoms with Gasteiger partial charge in [0.15, 0.2) is 0 Å². The van der Waals surface area contributed by atoms with Crippen LogP contribution in [0.4, 0.5) is 0 Å². The second-order valence-electron chi connectivity index (χ2n) is 5.93. The largest absolute Gasteiger partial charge is 0.327 e. The molecule has 102 valence electrons. The van der Waals surface area contributed by atoms with E-state index >= 15 is 0 Å². The van der Waals surface area contributed by atoms with Crippen molar-refractivity contribution >= 4 is 11.3 Å². The molecule has 1 fully saturated rings. The van der Waals surface area contributed by atoms with E-state index in [1.54, 1.807) is 0 Å². The van der Waals surface area contributed by atoms with Gasteiger partial charge in [-0.2, -0.15) is 0 Å². The van der Waals surface area contributed by atoms with E-state index in [0.717, 1.165) is 19.0 Å². The van der Waals surface area contributed by atoms with Crippen molar-refractivity contribution < 1.29 is 0 Å². The second kappa shape index (κ2) is 6.69. The van der Waals surface area contributed by atoms with Crippen LogP contribution in [0.15, 0.2) is 17.5 Å². The van der Waals surface area contributed by atoms with E-state index in [9.17, 15) is 0 Å². The van der Waals surface area contributed by atoms with E-state index in [4.69, 9.17) is 5.73 Å². The molecule has 2 N–H and O–H groups in total. The molecule has 2 nitrogen and oxygen atoms in total. The summed E-state index contributed by atoms with van der Waals surface area (Å²) in [6, 6.07) is 4.79. The Morgan fingerprint density at radius 2 is 2.28 bits per heavy atom. The van der Waals surface area contributed by atoms with Gasteiger partial charge in [0, 0.05) is 24.0 Å². The highest BCUT2D eigenvalue weighted by Crippen LogP contribution is 2.28. The average Bonchev–Trinajstić information content (AvgIpc) is 2.84. The van der Waals surface area contributed by atoms with Crippen LogP contribution in [0.25, 0.3) is 0 Å². The van der Waals surface area contributed by atoms with Crippen molar-refractivity contribution in [2.75, 3.05) is 20.1 Å². The Hall–Kier alpha value is -0.380. The summed E-state index contributed by atoms with van der Waals surface area (Å²) in [6.07, 6.45) is 5.01. The van der Waals surface area contributed by atoms with Crippen molar-refractivity contribution in [3.8, 4) is 0 Å². The fraction of sp³-hybridized carbons (Fsp3) is 0.733. The lowest BCUT2D eigenvalue weighted by atomic mass is 9.79. The summed E-state index contributed by atoms with van der Waals surface area (Å²) in [6.45, 7) is 4.68. The third-order valence-corrected chi connectivity index (χ3v) is 5.11. The molecule has 0 amide bonds. The molecule has 3 atom stereocenters. The van der Waals surface area contributed by atoms with Gasteiger partial charge < -0.3 is 10.6 Å². The van der Waals surface area contributed by atoms with E-state index in [1.165, 1.54) is 30.6 Å². The Morgan fingerprint density at radius 1 is 1.44 bits per heavy atom. The fourth-order valence-electron chi connectivity index (χ4n) is 2.98. The lowest BCUT2D eigenvalue weighted by molar-refractivity contribution is 0.182. The van der Waals surface area contributed by atoms with Crippen LogP contribution in [0.3, 0.4) is 0 Å². The molecule has 0 spiro atoms. The van der Waals surface area contributed by atoms with Gasteiger partial charge in [-0.15, -0.1) is 11.3 Å². The summed E-state index contributed by atoms with van der Waals surface area (Å²) in [5.41, 5.74) is 6.26. The van der Waals surface area contributed by atoms with Crippen LogP contribution in [0.2, 0.25) is 0 Å². The van der Waals surface area contributed by atoms with Gasteiger partial charge in [0.1, 0.15) is 0 Å². The number of nitrogens with two attached hydrogens (primary N) is 1. The first-order valence-corrected chi connectivity index (χ1v) is 7.99. The molecule has 3 heteroatoms. The van der Waals surface area contributed by atoms with Gasteiger partial charge in [-0.3, -0.25) is 0 Å². The Balaban J connectivity index is 1.74. The Morgan fingerprint density at radius 3 is 3.00 bits per heavy atom. The molecule has 1 heterocycles. The third kappa shape index (κ3) is 4.08. The van der Waals surface area contributed by atoms with Crippen LogP contribution in [0, 0.1) is 11.8 Å². The maximum absolute atomic E-state index is 6.26. The van der Waals surface area contributed by atoms with E-state index in [1.807, 2.05) is 11.3 Å². The molecule has 2 rings (SSSR count). The number of thiophene rings is 1. The number of hydrogen-bond acceptors (Lipinski definition) is 3. The van der Waals surface area contributed by atoms with Crippen LogP contribution >= 0.6 is 11.3 Å². The highest BCUT2D eigenvalue weighted by Gasteiger charge is 2.26. The fourth-order valence-corrected chi connectivity index (χ4v) is 3.68. The molecule has 1 aromatic rings. The van der Waals surface area contributed by atoms with Gasteiger partial charge in [0.25, 0.3) is 0 Å². The number of rotatable bonds is 5. The molecule has 0 aliphatic heterocycles. The summed E-state index contributed by atoms with van der Waals surface area (Å²) in [7, 11) is 2.24. The molecule has 0 radical (unpaired) electrons. The first kappa shape index (κ1) is 14.0. The van der Waals surface area contributed by atoms with Gasteiger partial charge in [-0.1, -0.05) is 13.0 Å². The van der Waals surface area contributed by atoms with Crippen LogP contribution in [0.1, 0.15) is 31.1 Å². The number of hydrogen-bond donors (Lipinski definition) is 1. The topological polar surface area (TPSA) is 29.3 Å². The first-order valence-electron chi connectivity index (χ1n) is 7.11. The Labute approximate surface area is 115 Å². The zero-order chi connectivity index (χ0) is 13.0. The highest BCUT2D eigenvalue weighted by atomic mass is 32.1. The van der Waals surface area contributed by atoms with Gasteiger partial charge >= 0.3 is 0 Å². The molecule has 1 saturated carbocycles. The number of nitrogens with zero attached hydrogens (tertiary/aromatic N) is 1. The minimum absolute atomic E-state index is 0.422. The van der Waals surface area contributed by atoms with Crippen molar-refractivity contribution in [2.24, 2.45) is 17.6 Å². The van der Waals surface area contributed by atoms with Gasteiger partial charge in [-0.25, -0.2) is 0 Å². The standard InChI is InChI=1S/C15H26N2S/c1-12-5-6-15(16)13(10-12)11-17(2)8-7-14-4-3-9-18-14/h3-4,9,12-13,15H,5-8,10-11,16H2,1-2H3. The smallest absolute Gasteiger partial charge is 0.00795 e. The van der Waals surface area contributed by atoms with Crippen molar-refractivity contribution in [3.63, 3.8) is 0 Å². The van der Waals surface area contributed by atoms with E-state index in [0.29, 0.717) is 12.0 Å². The van der Waals surface area contributed by atoms with Crippen molar-refractivity contribution in [1.29, 1.82) is 0 Å². The molecule has 1 aromatic heterocycles. The van der Waals surface area contributed by atoms with Gasteiger partial charge in [0.05, 0.1) is 0 Å². The SMILES string of the molecule is CC1CCC(N)C(CN(C)CCc2cccs2)C1. The molecule has 1 aliphatic rings. The maximum Gasteiger partial charge on any atom is 0.00795 e. The molecule has 18 heavy (non-hydrogen) atoms. The van der Waals surface area contributed by atoms with E-state index in [2.05, 4.69) is 36.4 Å². The molecule has 0 bridgehead atoms. The summed E-state index contributed by atoms with van der Waals surface area (Å²) < 4.78 is 0. The lowest BCUT2D eigenvalue weighted by Gasteiger charge is -2.35. The summed E-state index contributed by atoms with van der Waals surface area (Å²) in [5.74, 6) is 1.56. The summed E-state index contributed by atoms with van der Waals surface area (Å²) >= 11 is 1.86. The minimum Gasteiger partial charge on any atom is -0.327 e. The van der Waals surface area contributed by atoms with Crippen molar-refractivity contribution in [1.82, 2.24) is 4.90 Å². The maximum atomic E-state index is 6.26. The Bertz CT molecular complexity index is 336.